The predicted molar refractivity (Wildman–Crippen MR) is 282 cm³/mol. The first-order valence-corrected chi connectivity index (χ1v) is 27.0. The molecule has 1 amide bonds. The maximum absolute atomic E-state index is 14.5. The molecule has 0 spiro atoms. The van der Waals surface area contributed by atoms with Gasteiger partial charge < -0.3 is 74.1 Å². The molecule has 0 radical (unpaired) electrons. The monoisotopic (exact) mass is 1150 g/mol. The Morgan fingerprint density at radius 3 is 1.52 bits per heavy atom. The number of hydrazine groups is 1. The van der Waals surface area contributed by atoms with Crippen molar-refractivity contribution in [2.45, 2.75) is 158 Å². The predicted octanol–water partition coefficient (Wildman–Crippen LogP) is 2.86. The molecule has 2 aliphatic heterocycles. The normalized spacial score (nSPS) is 28.8. The fourth-order valence-electron chi connectivity index (χ4n) is 12.6. The number of hydrogen-bond acceptors (Lipinski definition) is 23. The SMILES string of the molecule is COc1cccc2c1C(=O)c1c(O)c3c(c(O)c1C2=O)C[C@@](O)(C(C)=O)C[C@@H]3OC1CC(NN(C(=O)CCCC=O)C2CC(O[C@H]3C[C@](O)(C(C)=O)Cc4c(O)c5c(c(O)c43)C(=O)c3c(OC)cccc3C5=O)OC(C)C2O)C(O)C(C)O1. The summed E-state index contributed by atoms with van der Waals surface area (Å²) in [5.74, 6) is -8.87. The van der Waals surface area contributed by atoms with Crippen LogP contribution in [0.3, 0.4) is 0 Å². The van der Waals surface area contributed by atoms with E-state index >= 15 is 0 Å². The Hall–Kier alpha value is -7.52. The topological polar surface area (TPSA) is 369 Å². The van der Waals surface area contributed by atoms with E-state index in [9.17, 15) is 79.2 Å². The van der Waals surface area contributed by atoms with Gasteiger partial charge in [0.2, 0.25) is 17.5 Å². The van der Waals surface area contributed by atoms with E-state index < -0.39 is 190 Å². The van der Waals surface area contributed by atoms with E-state index in [-0.39, 0.29) is 81.7 Å². The summed E-state index contributed by atoms with van der Waals surface area (Å²) in [7, 11) is 2.56. The molecule has 8 unspecified atom stereocenters. The van der Waals surface area contributed by atoms with E-state index in [4.69, 9.17) is 28.4 Å². The van der Waals surface area contributed by atoms with E-state index in [0.717, 1.165) is 18.9 Å². The zero-order valence-corrected chi connectivity index (χ0v) is 45.9. The first kappa shape index (κ1) is 58.7. The number of phenols is 4. The van der Waals surface area contributed by atoms with Crippen LogP contribution in [-0.2, 0) is 51.0 Å². The third-order valence-corrected chi connectivity index (χ3v) is 17.1. The van der Waals surface area contributed by atoms with Gasteiger partial charge in [-0.3, -0.25) is 38.6 Å². The van der Waals surface area contributed by atoms with Crippen LogP contribution in [0, 0.1) is 0 Å². The second kappa shape index (κ2) is 21.9. The fourth-order valence-corrected chi connectivity index (χ4v) is 12.6. The van der Waals surface area contributed by atoms with E-state index in [1.165, 1.54) is 64.5 Å². The minimum Gasteiger partial charge on any atom is -0.507 e. The summed E-state index contributed by atoms with van der Waals surface area (Å²) in [5.41, 5.74) is -5.51. The molecule has 24 heteroatoms. The van der Waals surface area contributed by atoms with Gasteiger partial charge in [-0.1, -0.05) is 24.3 Å². The van der Waals surface area contributed by atoms with Crippen LogP contribution < -0.4 is 14.9 Å². The van der Waals surface area contributed by atoms with E-state index in [2.05, 4.69) is 5.43 Å². The van der Waals surface area contributed by atoms with Crippen LogP contribution in [-0.4, -0.2) is 167 Å². The van der Waals surface area contributed by atoms with E-state index in [0.29, 0.717) is 6.29 Å². The molecule has 0 saturated carbocycles. The Morgan fingerprint density at radius 2 is 1.08 bits per heavy atom. The highest BCUT2D eigenvalue weighted by molar-refractivity contribution is 6.32. The molecule has 0 bridgehead atoms. The average molecular weight is 1150 g/mol. The highest BCUT2D eigenvalue weighted by Gasteiger charge is 2.53. The second-order valence-electron chi connectivity index (χ2n) is 22.1. The number of phenolic OH excluding ortho intramolecular Hbond substituents is 4. The number of amides is 1. The van der Waals surface area contributed by atoms with Crippen LogP contribution in [0.2, 0.25) is 0 Å². The maximum Gasteiger partial charge on any atom is 0.237 e. The number of nitrogens with zero attached hydrogens (tertiary/aromatic N) is 1. The fraction of sp³-hybridized carbons (Fsp3) is 0.458. The molecule has 6 aliphatic rings. The minimum absolute atomic E-state index is 0.00448. The molecule has 12 atom stereocenters. The van der Waals surface area contributed by atoms with Crippen molar-refractivity contribution in [1.82, 2.24) is 10.4 Å². The molecule has 24 nitrogen and oxygen atoms in total. The van der Waals surface area contributed by atoms with Crippen molar-refractivity contribution in [3.63, 3.8) is 0 Å². The molecular formula is C59H62N2O22. The van der Waals surface area contributed by atoms with Gasteiger partial charge in [-0.05, 0) is 46.2 Å². The third kappa shape index (κ3) is 9.64. The van der Waals surface area contributed by atoms with Crippen LogP contribution in [0.15, 0.2) is 36.4 Å². The van der Waals surface area contributed by atoms with Crippen LogP contribution in [0.5, 0.6) is 34.5 Å². The Bertz CT molecular complexity index is 3450. The molecule has 9 N–H and O–H groups in total. The van der Waals surface area contributed by atoms with Crippen molar-refractivity contribution in [3.05, 3.63) is 103 Å². The molecule has 2 heterocycles. The zero-order chi connectivity index (χ0) is 60.0. The summed E-state index contributed by atoms with van der Waals surface area (Å²) in [5, 5.41) is 96.6. The van der Waals surface area contributed by atoms with Gasteiger partial charge in [-0.2, -0.15) is 0 Å². The van der Waals surface area contributed by atoms with E-state index in [1.807, 2.05) is 0 Å². The highest BCUT2D eigenvalue weighted by Crippen LogP contribution is 2.55. The number of benzene rings is 4. The number of ketones is 6. The number of aliphatic hydroxyl groups is 4. The Kier molecular flexibility index (Phi) is 15.5. The average Bonchev–Trinajstić information content (AvgIpc) is 1.62. The van der Waals surface area contributed by atoms with Gasteiger partial charge in [0.1, 0.15) is 58.1 Å². The summed E-state index contributed by atoms with van der Waals surface area (Å²) in [6, 6.07) is 5.90. The number of ether oxygens (including phenoxy) is 6. The van der Waals surface area contributed by atoms with Gasteiger partial charge in [-0.15, -0.1) is 0 Å². The van der Waals surface area contributed by atoms with Crippen LogP contribution in [0.4, 0.5) is 0 Å². The minimum atomic E-state index is -2.28. The lowest BCUT2D eigenvalue weighted by Gasteiger charge is -2.48. The van der Waals surface area contributed by atoms with Gasteiger partial charge >= 0.3 is 0 Å². The lowest BCUT2D eigenvalue weighted by atomic mass is 9.72. The molecular weight excluding hydrogens is 1090 g/mol. The van der Waals surface area contributed by atoms with Crippen LogP contribution in [0.25, 0.3) is 0 Å². The zero-order valence-electron chi connectivity index (χ0n) is 45.9. The van der Waals surface area contributed by atoms with Crippen LogP contribution >= 0.6 is 0 Å². The van der Waals surface area contributed by atoms with Crippen molar-refractivity contribution in [3.8, 4) is 34.5 Å². The molecule has 4 aromatic rings. The van der Waals surface area contributed by atoms with Crippen molar-refractivity contribution in [2.75, 3.05) is 14.2 Å². The number of methoxy groups -OCH3 is 2. The highest BCUT2D eigenvalue weighted by atomic mass is 16.7. The molecule has 0 aromatic heterocycles. The number of fused-ring (bicyclic) bond motifs is 6. The molecule has 83 heavy (non-hydrogen) atoms. The molecule has 2 fully saturated rings. The van der Waals surface area contributed by atoms with Crippen molar-refractivity contribution >= 4 is 46.9 Å². The number of aliphatic hydroxyl groups excluding tert-OH is 2. The quantitative estimate of drug-likeness (QED) is 0.0309. The smallest absolute Gasteiger partial charge is 0.237 e. The Morgan fingerprint density at radius 1 is 0.651 bits per heavy atom. The number of Topliss-reactive ketones (excluding diaryl/α,β-unsaturated/α-hetero) is 2. The van der Waals surface area contributed by atoms with Crippen molar-refractivity contribution < 1.29 is 108 Å². The number of unbranched alkanes of at least 4 members (excludes halogenated alkanes) is 1. The van der Waals surface area contributed by atoms with Gasteiger partial charge in [-0.25, -0.2) is 5.43 Å². The van der Waals surface area contributed by atoms with Crippen LogP contribution in [0.1, 0.15) is 171 Å². The van der Waals surface area contributed by atoms with Gasteiger partial charge in [0.15, 0.2) is 35.7 Å². The first-order chi connectivity index (χ1) is 39.3. The molecule has 4 aliphatic carbocycles. The summed E-state index contributed by atoms with van der Waals surface area (Å²) in [4.78, 5) is 109. The summed E-state index contributed by atoms with van der Waals surface area (Å²) < 4.78 is 36.0. The Labute approximate surface area is 473 Å². The number of carbonyl (C=O) groups excluding carboxylic acids is 8. The molecule has 440 valence electrons. The second-order valence-corrected chi connectivity index (χ2v) is 22.1. The number of hydrogen-bond donors (Lipinski definition) is 9. The summed E-state index contributed by atoms with van der Waals surface area (Å²) >= 11 is 0. The number of aromatic hydroxyl groups is 4. The lowest BCUT2D eigenvalue weighted by molar-refractivity contribution is -0.267. The van der Waals surface area contributed by atoms with Crippen molar-refractivity contribution in [1.29, 1.82) is 0 Å². The number of nitrogens with one attached hydrogen (secondary N) is 1. The third-order valence-electron chi connectivity index (χ3n) is 17.1. The van der Waals surface area contributed by atoms with E-state index in [1.54, 1.807) is 0 Å². The Balaban J connectivity index is 0.972. The van der Waals surface area contributed by atoms with Crippen molar-refractivity contribution in [2.24, 2.45) is 0 Å². The molecule has 10 rings (SSSR count). The summed E-state index contributed by atoms with van der Waals surface area (Å²) in [6.45, 7) is 5.09. The van der Waals surface area contributed by atoms with Gasteiger partial charge in [0, 0.05) is 84.7 Å². The molecule has 4 aromatic carbocycles. The van der Waals surface area contributed by atoms with Gasteiger partial charge in [0.25, 0.3) is 0 Å². The standard InChI is InChI=1S/C59H62N2O22/c1-23-48(66)31(17-38(80-23)82-35-21-58(76,25(3)63)19-29-42(35)56(74)46-44(52(29)70)50(68)27-11-9-13-33(78-5)40(27)54(46)72)60-61(37(65)15-7-8-16-62)32-18-39(81-24(2)49(32)67)83-36-22-59(77,26(4)64)20-30-43(36)57(75)47-45(53(30)71)51(69)28-12-10-14-34(79-6)41(28)55(47)73/h9-14,16,23-24,31-32,35-36,38-39,48-49,60,66-67,70-71,74-77H,7-8,15,17-22H2,1-6H3/t23?,24?,31?,32?,35-,36-,38?,39?,48?,49?,58-,59-/m0/s1. The largest absolute Gasteiger partial charge is 0.507 e. The van der Waals surface area contributed by atoms with Gasteiger partial charge in [0.05, 0.1) is 90.2 Å². The molecule has 2 saturated heterocycles. The maximum atomic E-state index is 14.5. The lowest BCUT2D eigenvalue weighted by Crippen LogP contribution is -2.66. The first-order valence-electron chi connectivity index (χ1n) is 27.0. The summed E-state index contributed by atoms with van der Waals surface area (Å²) in [6.07, 6.45) is -14.3. The number of aldehydes is 1. The number of rotatable bonds is 15. The number of carbonyl (C=O) groups is 8.